The van der Waals surface area contributed by atoms with Crippen LogP contribution in [0.25, 0.3) is 10.9 Å². The van der Waals surface area contributed by atoms with Crippen LogP contribution >= 0.6 is 0 Å². The van der Waals surface area contributed by atoms with Crippen LogP contribution in [0.15, 0.2) is 12.1 Å². The third kappa shape index (κ3) is 1.87. The number of nitrogens with zero attached hydrogens (tertiary/aromatic N) is 1. The van der Waals surface area contributed by atoms with E-state index < -0.39 is 0 Å². The number of fused-ring (bicyclic) bond motifs is 1. The molecule has 0 aliphatic heterocycles. The maximum atomic E-state index is 5.62. The highest BCUT2D eigenvalue weighted by atomic mass is 15.0. The van der Waals surface area contributed by atoms with E-state index in [1.165, 1.54) is 33.3 Å². The Hall–Kier alpha value is -1.28. The smallest absolute Gasteiger partial charge is 0.0515 e. The van der Waals surface area contributed by atoms with E-state index in [-0.39, 0.29) is 0 Å². The predicted molar refractivity (Wildman–Crippen MR) is 74.5 cm³/mol. The maximum Gasteiger partial charge on any atom is 0.0515 e. The Labute approximate surface area is 103 Å². The summed E-state index contributed by atoms with van der Waals surface area (Å²) in [6, 6.07) is 4.43. The molecule has 0 saturated heterocycles. The number of aromatic nitrogens is 1. The Kier molecular flexibility index (Phi) is 3.25. The topological polar surface area (TPSA) is 30.9 Å². The number of aryl methyl sites for hydroxylation is 4. The molecule has 2 aromatic rings. The molecule has 0 amide bonds. The van der Waals surface area contributed by atoms with Crippen LogP contribution in [0.3, 0.4) is 0 Å². The minimum Gasteiger partial charge on any atom is -0.347 e. The summed E-state index contributed by atoms with van der Waals surface area (Å²) in [5, 5.41) is 1.43. The van der Waals surface area contributed by atoms with Crippen LogP contribution in [-0.4, -0.2) is 11.1 Å². The average molecular weight is 230 g/mol. The van der Waals surface area contributed by atoms with E-state index in [1.807, 2.05) is 0 Å². The fourth-order valence-electron chi connectivity index (χ4n) is 2.86. The third-order valence-electron chi connectivity index (χ3n) is 3.75. The SMILES string of the molecule is Cc1ccc(C)c2c1c(C)c(CCCN)n2C. The molecule has 0 fully saturated rings. The number of benzene rings is 1. The molecule has 0 aliphatic rings. The molecule has 1 aromatic heterocycles. The summed E-state index contributed by atoms with van der Waals surface area (Å²) in [7, 11) is 2.17. The summed E-state index contributed by atoms with van der Waals surface area (Å²) in [5.74, 6) is 0. The molecule has 1 heterocycles. The fourth-order valence-corrected chi connectivity index (χ4v) is 2.86. The number of hydrogen-bond acceptors (Lipinski definition) is 1. The van der Waals surface area contributed by atoms with Gasteiger partial charge in [0.25, 0.3) is 0 Å². The van der Waals surface area contributed by atoms with Crippen molar-refractivity contribution in [3.63, 3.8) is 0 Å². The first kappa shape index (κ1) is 12.2. The van der Waals surface area contributed by atoms with E-state index in [0.29, 0.717) is 0 Å². The van der Waals surface area contributed by atoms with Gasteiger partial charge in [-0.3, -0.25) is 0 Å². The Bertz CT molecular complexity index is 505. The molecule has 92 valence electrons. The Morgan fingerprint density at radius 3 is 2.35 bits per heavy atom. The Morgan fingerprint density at radius 1 is 1.12 bits per heavy atom. The summed E-state index contributed by atoms with van der Waals surface area (Å²) in [6.45, 7) is 7.38. The normalized spacial score (nSPS) is 11.4. The lowest BCUT2D eigenvalue weighted by Gasteiger charge is -2.06. The molecule has 0 spiro atoms. The number of hydrogen-bond donors (Lipinski definition) is 1. The minimum absolute atomic E-state index is 0.763. The number of rotatable bonds is 3. The zero-order valence-electron chi connectivity index (χ0n) is 11.3. The van der Waals surface area contributed by atoms with Crippen molar-refractivity contribution in [2.24, 2.45) is 12.8 Å². The Balaban J connectivity index is 2.71. The van der Waals surface area contributed by atoms with Crippen molar-refractivity contribution in [3.05, 3.63) is 34.5 Å². The lowest BCUT2D eigenvalue weighted by molar-refractivity contribution is 0.760. The molecule has 0 bridgehead atoms. The second-order valence-electron chi connectivity index (χ2n) is 4.95. The van der Waals surface area contributed by atoms with Gasteiger partial charge in [-0.25, -0.2) is 0 Å². The molecular formula is C15H22N2. The monoisotopic (exact) mass is 230 g/mol. The second-order valence-corrected chi connectivity index (χ2v) is 4.95. The molecule has 2 heteroatoms. The van der Waals surface area contributed by atoms with E-state index in [9.17, 15) is 0 Å². The highest BCUT2D eigenvalue weighted by molar-refractivity contribution is 5.90. The van der Waals surface area contributed by atoms with Crippen LogP contribution in [0.1, 0.15) is 28.8 Å². The van der Waals surface area contributed by atoms with Crippen LogP contribution in [0.4, 0.5) is 0 Å². The van der Waals surface area contributed by atoms with Crippen molar-refractivity contribution in [3.8, 4) is 0 Å². The van der Waals surface area contributed by atoms with Crippen LogP contribution < -0.4 is 5.73 Å². The van der Waals surface area contributed by atoms with Crippen molar-refractivity contribution in [2.75, 3.05) is 6.54 Å². The van der Waals surface area contributed by atoms with E-state index >= 15 is 0 Å². The molecule has 1 aromatic carbocycles. The van der Waals surface area contributed by atoms with Crippen LogP contribution in [0, 0.1) is 20.8 Å². The lowest BCUT2D eigenvalue weighted by Crippen LogP contribution is -2.04. The van der Waals surface area contributed by atoms with Gasteiger partial charge in [-0.05, 0) is 56.8 Å². The van der Waals surface area contributed by atoms with Crippen molar-refractivity contribution < 1.29 is 0 Å². The van der Waals surface area contributed by atoms with Crippen LogP contribution in [0.5, 0.6) is 0 Å². The van der Waals surface area contributed by atoms with Gasteiger partial charge in [0.1, 0.15) is 0 Å². The molecular weight excluding hydrogens is 208 g/mol. The van der Waals surface area contributed by atoms with Crippen molar-refractivity contribution >= 4 is 10.9 Å². The van der Waals surface area contributed by atoms with Crippen LogP contribution in [-0.2, 0) is 13.5 Å². The van der Waals surface area contributed by atoms with Crippen LogP contribution in [0.2, 0.25) is 0 Å². The average Bonchev–Trinajstić information content (AvgIpc) is 2.55. The second kappa shape index (κ2) is 4.53. The molecule has 0 atom stereocenters. The summed E-state index contributed by atoms with van der Waals surface area (Å²) in [6.07, 6.45) is 2.13. The predicted octanol–water partition coefficient (Wildman–Crippen LogP) is 2.99. The minimum atomic E-state index is 0.763. The molecule has 0 saturated carbocycles. The third-order valence-corrected chi connectivity index (χ3v) is 3.75. The van der Waals surface area contributed by atoms with Crippen molar-refractivity contribution in [1.82, 2.24) is 4.57 Å². The summed E-state index contributed by atoms with van der Waals surface area (Å²) >= 11 is 0. The summed E-state index contributed by atoms with van der Waals surface area (Å²) in [5.41, 5.74) is 12.6. The summed E-state index contributed by atoms with van der Waals surface area (Å²) in [4.78, 5) is 0. The van der Waals surface area contributed by atoms with Gasteiger partial charge in [-0.15, -0.1) is 0 Å². The molecule has 0 unspecified atom stereocenters. The largest absolute Gasteiger partial charge is 0.347 e. The van der Waals surface area contributed by atoms with Gasteiger partial charge >= 0.3 is 0 Å². The van der Waals surface area contributed by atoms with Gasteiger partial charge in [0.15, 0.2) is 0 Å². The number of nitrogens with two attached hydrogens (primary N) is 1. The molecule has 2 nitrogen and oxygen atoms in total. The Morgan fingerprint density at radius 2 is 1.76 bits per heavy atom. The van der Waals surface area contributed by atoms with Gasteiger partial charge in [0.05, 0.1) is 5.52 Å². The van der Waals surface area contributed by atoms with Gasteiger partial charge in [0, 0.05) is 18.1 Å². The highest BCUT2D eigenvalue weighted by Gasteiger charge is 2.14. The van der Waals surface area contributed by atoms with Crippen molar-refractivity contribution in [1.29, 1.82) is 0 Å². The van der Waals surface area contributed by atoms with Gasteiger partial charge < -0.3 is 10.3 Å². The molecule has 0 aliphatic carbocycles. The molecule has 2 N–H and O–H groups in total. The zero-order valence-corrected chi connectivity index (χ0v) is 11.3. The van der Waals surface area contributed by atoms with Crippen molar-refractivity contribution in [2.45, 2.75) is 33.6 Å². The molecule has 2 rings (SSSR count). The van der Waals surface area contributed by atoms with E-state index in [1.54, 1.807) is 0 Å². The standard InChI is InChI=1S/C15H22N2/c1-10-7-8-11(2)15-14(10)12(3)13(17(15)4)6-5-9-16/h7-8H,5-6,9,16H2,1-4H3. The lowest BCUT2D eigenvalue weighted by atomic mass is 10.0. The fraction of sp³-hybridized carbons (Fsp3) is 0.467. The summed E-state index contributed by atoms with van der Waals surface area (Å²) < 4.78 is 2.35. The van der Waals surface area contributed by atoms with E-state index in [4.69, 9.17) is 5.73 Å². The quantitative estimate of drug-likeness (QED) is 0.863. The van der Waals surface area contributed by atoms with E-state index in [0.717, 1.165) is 19.4 Å². The maximum absolute atomic E-state index is 5.62. The van der Waals surface area contributed by atoms with E-state index in [2.05, 4.69) is 44.5 Å². The van der Waals surface area contributed by atoms with Gasteiger partial charge in [0.2, 0.25) is 0 Å². The van der Waals surface area contributed by atoms with Gasteiger partial charge in [-0.2, -0.15) is 0 Å². The molecule has 17 heavy (non-hydrogen) atoms. The highest BCUT2D eigenvalue weighted by Crippen LogP contribution is 2.30. The van der Waals surface area contributed by atoms with Gasteiger partial charge in [-0.1, -0.05) is 12.1 Å². The molecule has 0 radical (unpaired) electrons. The first-order valence-corrected chi connectivity index (χ1v) is 6.32. The first-order valence-electron chi connectivity index (χ1n) is 6.32. The zero-order chi connectivity index (χ0) is 12.6. The first-order chi connectivity index (χ1) is 8.07.